The molecule has 5 heteroatoms. The van der Waals surface area contributed by atoms with Crippen LogP contribution >= 0.6 is 0 Å². The van der Waals surface area contributed by atoms with Gasteiger partial charge >= 0.3 is 6.18 Å². The van der Waals surface area contributed by atoms with E-state index in [0.29, 0.717) is 19.3 Å². The van der Waals surface area contributed by atoms with Crippen LogP contribution in [0, 0.1) is 17.8 Å². The van der Waals surface area contributed by atoms with E-state index in [1.54, 1.807) is 7.11 Å². The highest BCUT2D eigenvalue weighted by Crippen LogP contribution is 2.62. The van der Waals surface area contributed by atoms with E-state index in [-0.39, 0.29) is 12.0 Å². The van der Waals surface area contributed by atoms with E-state index in [2.05, 4.69) is 6.58 Å². The number of alkyl halides is 3. The minimum atomic E-state index is -4.36. The largest absolute Gasteiger partial charge is 0.497 e. The molecule has 1 heterocycles. The van der Waals surface area contributed by atoms with Gasteiger partial charge in [-0.15, -0.1) is 6.58 Å². The molecular weight excluding hydrogens is 329 g/mol. The van der Waals surface area contributed by atoms with Crippen molar-refractivity contribution in [1.82, 2.24) is 0 Å². The maximum Gasteiger partial charge on any atom is 0.418 e. The van der Waals surface area contributed by atoms with E-state index < -0.39 is 23.6 Å². The van der Waals surface area contributed by atoms with Crippen molar-refractivity contribution < 1.29 is 22.6 Å². The maximum absolute atomic E-state index is 14.1. The zero-order valence-electron chi connectivity index (χ0n) is 14.3. The highest BCUT2D eigenvalue weighted by Gasteiger charge is 2.72. The molecule has 3 aliphatic rings. The molecule has 1 saturated heterocycles. The lowest BCUT2D eigenvalue weighted by atomic mass is 9.76. The molecule has 1 saturated carbocycles. The average molecular weight is 352 g/mol. The Bertz CT molecular complexity index is 684. The number of benzene rings is 1. The molecule has 25 heavy (non-hydrogen) atoms. The summed E-state index contributed by atoms with van der Waals surface area (Å²) in [6.07, 6.45) is -0.141. The summed E-state index contributed by atoms with van der Waals surface area (Å²) in [6, 6.07) is 5.86. The molecule has 0 bridgehead atoms. The fourth-order valence-electron chi connectivity index (χ4n) is 5.43. The molecule has 4 rings (SSSR count). The zero-order valence-corrected chi connectivity index (χ0v) is 14.3. The normalized spacial score (nSPS) is 37.0. The Hall–Kier alpha value is -1.49. The molecule has 0 radical (unpaired) electrons. The Morgan fingerprint density at radius 3 is 2.72 bits per heavy atom. The minimum absolute atomic E-state index is 0.0510. The molecule has 136 valence electrons. The van der Waals surface area contributed by atoms with Crippen LogP contribution in [0.5, 0.6) is 5.75 Å². The number of fused-ring (bicyclic) bond motifs is 4. The first-order valence-electron chi connectivity index (χ1n) is 8.93. The van der Waals surface area contributed by atoms with Crippen LogP contribution in [0.15, 0.2) is 30.9 Å². The van der Waals surface area contributed by atoms with Gasteiger partial charge in [0.2, 0.25) is 0 Å². The van der Waals surface area contributed by atoms with Crippen LogP contribution in [0.3, 0.4) is 0 Å². The number of aryl methyl sites for hydroxylation is 1. The van der Waals surface area contributed by atoms with Gasteiger partial charge in [-0.05, 0) is 61.3 Å². The third-order valence-electron chi connectivity index (χ3n) is 6.54. The second kappa shape index (κ2) is 5.76. The highest BCUT2D eigenvalue weighted by atomic mass is 19.4. The van der Waals surface area contributed by atoms with Gasteiger partial charge in [0.25, 0.3) is 0 Å². The second-order valence-electron chi connectivity index (χ2n) is 7.51. The average Bonchev–Trinajstić information content (AvgIpc) is 3.03. The number of methoxy groups -OCH3 is 1. The SMILES string of the molecule is C=C[C@@H]1CC[C@H]2[C@@H]3CCc4cc(OC)ccc4C[C@H]3O[C@@]12C(F)(F)F. The zero-order chi connectivity index (χ0) is 17.8. The number of hydrogen-bond donors (Lipinski definition) is 0. The van der Waals surface area contributed by atoms with Crippen molar-refractivity contribution in [3.8, 4) is 5.75 Å². The minimum Gasteiger partial charge on any atom is -0.497 e. The van der Waals surface area contributed by atoms with Crippen LogP contribution in [-0.2, 0) is 17.6 Å². The first kappa shape index (κ1) is 17.0. The van der Waals surface area contributed by atoms with E-state index in [1.165, 1.54) is 11.6 Å². The Kier molecular flexibility index (Phi) is 3.91. The van der Waals surface area contributed by atoms with Crippen molar-refractivity contribution in [1.29, 1.82) is 0 Å². The number of halogens is 3. The van der Waals surface area contributed by atoms with Crippen molar-refractivity contribution in [2.24, 2.45) is 17.8 Å². The Morgan fingerprint density at radius 1 is 1.24 bits per heavy atom. The number of rotatable bonds is 2. The molecule has 1 aliphatic heterocycles. The van der Waals surface area contributed by atoms with Crippen LogP contribution in [0.1, 0.15) is 30.4 Å². The summed E-state index contributed by atoms with van der Waals surface area (Å²) in [5.41, 5.74) is 0.225. The summed E-state index contributed by atoms with van der Waals surface area (Å²) < 4.78 is 53.5. The topological polar surface area (TPSA) is 18.5 Å². The lowest BCUT2D eigenvalue weighted by Crippen LogP contribution is -2.52. The third-order valence-corrected chi connectivity index (χ3v) is 6.54. The summed E-state index contributed by atoms with van der Waals surface area (Å²) in [7, 11) is 1.63. The van der Waals surface area contributed by atoms with Gasteiger partial charge in [-0.25, -0.2) is 0 Å². The van der Waals surface area contributed by atoms with E-state index in [4.69, 9.17) is 9.47 Å². The van der Waals surface area contributed by atoms with Crippen molar-refractivity contribution in [2.45, 2.75) is 50.0 Å². The molecule has 5 atom stereocenters. The van der Waals surface area contributed by atoms with Gasteiger partial charge in [0.05, 0.1) is 13.2 Å². The lowest BCUT2D eigenvalue weighted by molar-refractivity contribution is -0.288. The van der Waals surface area contributed by atoms with E-state index in [1.807, 2.05) is 18.2 Å². The first-order valence-corrected chi connectivity index (χ1v) is 8.93. The Balaban J connectivity index is 1.70. The van der Waals surface area contributed by atoms with Crippen LogP contribution in [0.2, 0.25) is 0 Å². The van der Waals surface area contributed by atoms with Gasteiger partial charge in [0.15, 0.2) is 5.60 Å². The van der Waals surface area contributed by atoms with Gasteiger partial charge < -0.3 is 9.47 Å². The summed E-state index contributed by atoms with van der Waals surface area (Å²) in [5, 5.41) is 0. The quantitative estimate of drug-likeness (QED) is 0.718. The summed E-state index contributed by atoms with van der Waals surface area (Å²) in [6.45, 7) is 3.66. The van der Waals surface area contributed by atoms with E-state index in [9.17, 15) is 13.2 Å². The molecule has 0 aromatic heterocycles. The van der Waals surface area contributed by atoms with Gasteiger partial charge in [-0.1, -0.05) is 12.1 Å². The van der Waals surface area contributed by atoms with Crippen molar-refractivity contribution in [2.75, 3.05) is 7.11 Å². The second-order valence-corrected chi connectivity index (χ2v) is 7.51. The standard InChI is InChI=1S/C20H23F3O2/c1-3-14-6-9-17-16-8-5-12-10-15(24-2)7-4-13(12)11-18(16)25-19(14,17)20(21,22)23/h3-4,7,10,14,16-18H,1,5-6,8-9,11H2,2H3/t14-,16+,17+,18-,19+/m1/s1. The monoisotopic (exact) mass is 352 g/mol. The number of hydrogen-bond acceptors (Lipinski definition) is 2. The molecular formula is C20H23F3O2. The molecule has 0 amide bonds. The molecule has 0 N–H and O–H groups in total. The van der Waals surface area contributed by atoms with Gasteiger partial charge in [-0.2, -0.15) is 13.2 Å². The van der Waals surface area contributed by atoms with Crippen molar-refractivity contribution >= 4 is 0 Å². The first-order chi connectivity index (χ1) is 11.9. The molecule has 1 aromatic carbocycles. The predicted octanol–water partition coefficient (Wildman–Crippen LogP) is 4.71. The molecule has 2 aliphatic carbocycles. The van der Waals surface area contributed by atoms with E-state index in [0.717, 1.165) is 24.2 Å². The van der Waals surface area contributed by atoms with Crippen LogP contribution in [-0.4, -0.2) is 25.0 Å². The molecule has 2 fully saturated rings. The fourth-order valence-corrected chi connectivity index (χ4v) is 5.43. The van der Waals surface area contributed by atoms with Crippen LogP contribution < -0.4 is 4.74 Å². The fraction of sp³-hybridized carbons (Fsp3) is 0.600. The molecule has 0 spiro atoms. The molecule has 0 unspecified atom stereocenters. The maximum atomic E-state index is 14.1. The van der Waals surface area contributed by atoms with Gasteiger partial charge in [-0.3, -0.25) is 0 Å². The van der Waals surface area contributed by atoms with Crippen LogP contribution in [0.25, 0.3) is 0 Å². The van der Waals surface area contributed by atoms with E-state index >= 15 is 0 Å². The molecule has 2 nitrogen and oxygen atoms in total. The van der Waals surface area contributed by atoms with Crippen LogP contribution in [0.4, 0.5) is 13.2 Å². The molecule has 1 aromatic rings. The predicted molar refractivity (Wildman–Crippen MR) is 88.6 cm³/mol. The van der Waals surface area contributed by atoms with Gasteiger partial charge in [0.1, 0.15) is 5.75 Å². The number of ether oxygens (including phenoxy) is 2. The summed E-state index contributed by atoms with van der Waals surface area (Å²) in [5.74, 6) is -0.356. The summed E-state index contributed by atoms with van der Waals surface area (Å²) >= 11 is 0. The smallest absolute Gasteiger partial charge is 0.418 e. The van der Waals surface area contributed by atoms with Crippen molar-refractivity contribution in [3.63, 3.8) is 0 Å². The highest BCUT2D eigenvalue weighted by molar-refractivity contribution is 5.37. The van der Waals surface area contributed by atoms with Gasteiger partial charge in [0, 0.05) is 11.8 Å². The van der Waals surface area contributed by atoms with Crippen molar-refractivity contribution in [3.05, 3.63) is 42.0 Å². The lowest BCUT2D eigenvalue weighted by Gasteiger charge is -2.36. The summed E-state index contributed by atoms with van der Waals surface area (Å²) in [4.78, 5) is 0. The third kappa shape index (κ3) is 2.35. The Morgan fingerprint density at radius 2 is 2.04 bits per heavy atom. The Labute approximate surface area is 146 Å².